The summed E-state index contributed by atoms with van der Waals surface area (Å²) in [4.78, 5) is 38.4. The quantitative estimate of drug-likeness (QED) is 0.110. The van der Waals surface area contributed by atoms with Gasteiger partial charge in [-0.1, -0.05) is 37.1 Å². The summed E-state index contributed by atoms with van der Waals surface area (Å²) in [6, 6.07) is 18.9. The monoisotopic (exact) mass is 654 g/mol. The maximum atomic E-state index is 13.2. The van der Waals surface area contributed by atoms with Crippen LogP contribution in [0.5, 0.6) is 11.5 Å². The lowest BCUT2D eigenvalue weighted by atomic mass is 9.89. The van der Waals surface area contributed by atoms with E-state index in [0.717, 1.165) is 48.9 Å². The molecule has 3 N–H and O–H groups in total. The zero-order chi connectivity index (χ0) is 34.6. The molecule has 11 nitrogen and oxygen atoms in total. The molecule has 3 aromatic carbocycles. The Bertz CT molecular complexity index is 1670. The fourth-order valence-electron chi connectivity index (χ4n) is 5.70. The number of benzene rings is 3. The summed E-state index contributed by atoms with van der Waals surface area (Å²) < 4.78 is 11.2. The molecule has 2 amide bonds. The number of methoxy groups -OCH3 is 2. The molecule has 0 radical (unpaired) electrons. The van der Waals surface area contributed by atoms with E-state index in [1.165, 1.54) is 11.1 Å². The van der Waals surface area contributed by atoms with Crippen molar-refractivity contribution in [3.63, 3.8) is 0 Å². The van der Waals surface area contributed by atoms with Crippen LogP contribution in [0.15, 0.2) is 72.9 Å². The minimum atomic E-state index is -1.21. The number of aromatic nitrogens is 2. The number of carboxylic acid groups (broad SMARTS) is 1. The fraction of sp³-hybridized carbons (Fsp3) is 0.351. The topological polar surface area (TPSA) is 129 Å². The summed E-state index contributed by atoms with van der Waals surface area (Å²) in [7, 11) is 7.25. The second kappa shape index (κ2) is 17.1. The third-order valence-electron chi connectivity index (χ3n) is 8.10. The van der Waals surface area contributed by atoms with Crippen LogP contribution >= 0.6 is 0 Å². The Morgan fingerprint density at radius 3 is 2.31 bits per heavy atom. The van der Waals surface area contributed by atoms with E-state index in [2.05, 4.69) is 39.6 Å². The average Bonchev–Trinajstić information content (AvgIpc) is 3.06. The van der Waals surface area contributed by atoms with Gasteiger partial charge in [-0.15, -0.1) is 0 Å². The molecule has 0 saturated heterocycles. The fourth-order valence-corrected chi connectivity index (χ4v) is 5.70. The van der Waals surface area contributed by atoms with Gasteiger partial charge in [-0.2, -0.15) is 4.98 Å². The first-order valence-corrected chi connectivity index (χ1v) is 16.1. The number of unbranched alkanes of at least 4 members (excludes halogenated alkanes) is 3. The number of nitrogens with zero attached hydrogens (tertiary/aromatic N) is 4. The van der Waals surface area contributed by atoms with E-state index in [9.17, 15) is 14.7 Å². The van der Waals surface area contributed by atoms with Crippen LogP contribution < -0.4 is 25.0 Å². The van der Waals surface area contributed by atoms with Gasteiger partial charge in [0.05, 0.1) is 20.3 Å². The van der Waals surface area contributed by atoms with E-state index >= 15 is 0 Å². The molecular weight excluding hydrogens is 608 g/mol. The molecule has 1 heterocycles. The predicted octanol–water partition coefficient (Wildman–Crippen LogP) is 6.98. The van der Waals surface area contributed by atoms with Gasteiger partial charge in [0.25, 0.3) is 5.91 Å². The zero-order valence-electron chi connectivity index (χ0n) is 28.6. The lowest BCUT2D eigenvalue weighted by molar-refractivity contribution is 0.0953. The van der Waals surface area contributed by atoms with Crippen molar-refractivity contribution in [3.8, 4) is 11.5 Å². The number of amides is 2. The van der Waals surface area contributed by atoms with Crippen molar-refractivity contribution >= 4 is 29.5 Å². The maximum absolute atomic E-state index is 13.2. The third kappa shape index (κ3) is 9.22. The second-order valence-corrected chi connectivity index (χ2v) is 11.9. The van der Waals surface area contributed by atoms with Crippen LogP contribution in [0.25, 0.3) is 0 Å². The van der Waals surface area contributed by atoms with Gasteiger partial charge in [-0.3, -0.25) is 4.79 Å². The van der Waals surface area contributed by atoms with Gasteiger partial charge in [0, 0.05) is 29.6 Å². The van der Waals surface area contributed by atoms with E-state index in [0.29, 0.717) is 34.9 Å². The van der Waals surface area contributed by atoms with Gasteiger partial charge >= 0.3 is 6.09 Å². The lowest BCUT2D eigenvalue weighted by Gasteiger charge is -2.32. The van der Waals surface area contributed by atoms with Crippen LogP contribution in [0.1, 0.15) is 64.3 Å². The standard InChI is InChI=1S/C37H46N6O5/c1-25-13-11-14-26(2)33(25)34(30-24-29(47-5)17-18-31(30)48-6)43(37(45)46)32-19-21-39-36(41-32)40-28-16-12-15-27(23-28)35(44)38-20-9-7-8-10-22-42(3)4/h11-19,21,23-24,34H,7-10,20,22H2,1-6H3,(H,38,44)(H,45,46)(H,39,40,41). The van der Waals surface area contributed by atoms with Gasteiger partial charge in [-0.05, 0) is 106 Å². The Balaban J connectivity index is 1.61. The molecular formula is C37H46N6O5. The Morgan fingerprint density at radius 1 is 0.896 bits per heavy atom. The highest BCUT2D eigenvalue weighted by Gasteiger charge is 2.34. The Hall–Kier alpha value is -5.16. The van der Waals surface area contributed by atoms with E-state index in [-0.39, 0.29) is 17.7 Å². The van der Waals surface area contributed by atoms with Crippen molar-refractivity contribution in [2.24, 2.45) is 0 Å². The summed E-state index contributed by atoms with van der Waals surface area (Å²) in [5.74, 6) is 1.22. The van der Waals surface area contributed by atoms with Crippen LogP contribution in [0.4, 0.5) is 22.2 Å². The first-order valence-electron chi connectivity index (χ1n) is 16.1. The number of hydrogen-bond acceptors (Lipinski definition) is 8. The molecule has 0 fully saturated rings. The van der Waals surface area contributed by atoms with Gasteiger partial charge in [-0.25, -0.2) is 14.7 Å². The molecule has 1 atom stereocenters. The first-order chi connectivity index (χ1) is 23.1. The molecule has 0 aliphatic heterocycles. The first kappa shape index (κ1) is 35.7. The van der Waals surface area contributed by atoms with E-state index in [4.69, 9.17) is 9.47 Å². The Kier molecular flexibility index (Phi) is 12.7. The van der Waals surface area contributed by atoms with Gasteiger partial charge in [0.15, 0.2) is 0 Å². The normalized spacial score (nSPS) is 11.6. The number of ether oxygens (including phenoxy) is 2. The summed E-state index contributed by atoms with van der Waals surface area (Å²) in [6.07, 6.45) is 4.54. The molecule has 1 unspecified atom stereocenters. The van der Waals surface area contributed by atoms with E-state index < -0.39 is 12.1 Å². The largest absolute Gasteiger partial charge is 0.497 e. The summed E-state index contributed by atoms with van der Waals surface area (Å²) in [5, 5.41) is 16.9. The number of hydrogen-bond donors (Lipinski definition) is 3. The zero-order valence-corrected chi connectivity index (χ0v) is 28.6. The lowest BCUT2D eigenvalue weighted by Crippen LogP contribution is -2.36. The average molecular weight is 655 g/mol. The summed E-state index contributed by atoms with van der Waals surface area (Å²) in [5.41, 5.74) is 4.29. The van der Waals surface area contributed by atoms with Gasteiger partial charge < -0.3 is 30.1 Å². The maximum Gasteiger partial charge on any atom is 0.413 e. The molecule has 0 aliphatic rings. The Morgan fingerprint density at radius 2 is 1.62 bits per heavy atom. The Labute approximate surface area is 282 Å². The van der Waals surface area contributed by atoms with Crippen molar-refractivity contribution in [1.29, 1.82) is 0 Å². The summed E-state index contributed by atoms with van der Waals surface area (Å²) in [6.45, 7) is 5.57. The minimum absolute atomic E-state index is 0.150. The molecule has 254 valence electrons. The number of nitrogens with one attached hydrogen (secondary N) is 2. The molecule has 0 saturated carbocycles. The molecule has 4 aromatic rings. The van der Waals surface area contributed by atoms with Gasteiger partial charge in [0.2, 0.25) is 5.95 Å². The van der Waals surface area contributed by atoms with Crippen LogP contribution in [0.3, 0.4) is 0 Å². The second-order valence-electron chi connectivity index (χ2n) is 11.9. The summed E-state index contributed by atoms with van der Waals surface area (Å²) >= 11 is 0. The number of aryl methyl sites for hydroxylation is 2. The van der Waals surface area contributed by atoms with Crippen molar-refractivity contribution in [1.82, 2.24) is 20.2 Å². The number of carbonyl (C=O) groups excluding carboxylic acids is 1. The van der Waals surface area contributed by atoms with Crippen LogP contribution in [-0.2, 0) is 0 Å². The molecule has 1 aromatic heterocycles. The predicted molar refractivity (Wildman–Crippen MR) is 189 cm³/mol. The molecule has 0 bridgehead atoms. The van der Waals surface area contributed by atoms with Crippen LogP contribution in [-0.4, -0.2) is 73.4 Å². The SMILES string of the molecule is COc1ccc(OC)c(C(c2c(C)cccc2C)N(C(=O)O)c2ccnc(Nc3cccc(C(=O)NCCCCCCN(C)C)c3)n2)c1. The molecule has 11 heteroatoms. The smallest absolute Gasteiger partial charge is 0.413 e. The molecule has 0 aliphatic carbocycles. The van der Waals surface area contributed by atoms with Crippen molar-refractivity contribution in [2.75, 3.05) is 51.6 Å². The van der Waals surface area contributed by atoms with Crippen LogP contribution in [0.2, 0.25) is 0 Å². The van der Waals surface area contributed by atoms with Gasteiger partial charge in [0.1, 0.15) is 17.3 Å². The van der Waals surface area contributed by atoms with Crippen LogP contribution in [0, 0.1) is 13.8 Å². The third-order valence-corrected chi connectivity index (χ3v) is 8.10. The highest BCUT2D eigenvalue weighted by molar-refractivity contribution is 5.95. The van der Waals surface area contributed by atoms with E-state index in [1.807, 2.05) is 32.0 Å². The number of rotatable bonds is 16. The minimum Gasteiger partial charge on any atom is -0.497 e. The molecule has 4 rings (SSSR count). The molecule has 0 spiro atoms. The van der Waals surface area contributed by atoms with Crippen molar-refractivity contribution in [3.05, 3.63) is 101 Å². The van der Waals surface area contributed by atoms with Crippen molar-refractivity contribution in [2.45, 2.75) is 45.6 Å². The van der Waals surface area contributed by atoms with Crippen molar-refractivity contribution < 1.29 is 24.2 Å². The highest BCUT2D eigenvalue weighted by Crippen LogP contribution is 2.41. The number of anilines is 3. The van der Waals surface area contributed by atoms with E-state index in [1.54, 1.807) is 62.8 Å². The number of carbonyl (C=O) groups is 2. The highest BCUT2D eigenvalue weighted by atomic mass is 16.5. The molecule has 48 heavy (non-hydrogen) atoms.